The first-order chi connectivity index (χ1) is 6.68. The standard InChI is InChI=1S/C9H11N3O2/c1-6-7(4-10-11-6)5-12-8(13)2-3-9(12)14/h4H,2-3,5H2,1H3,(H,10,11). The normalized spacial score (nSPS) is 16.8. The molecule has 0 spiro atoms. The van der Waals surface area contributed by atoms with Gasteiger partial charge >= 0.3 is 0 Å². The molecule has 0 aliphatic carbocycles. The van der Waals surface area contributed by atoms with Crippen molar-refractivity contribution in [3.63, 3.8) is 0 Å². The highest BCUT2D eigenvalue weighted by molar-refractivity contribution is 6.01. The minimum Gasteiger partial charge on any atom is -0.283 e. The molecular weight excluding hydrogens is 182 g/mol. The third kappa shape index (κ3) is 1.41. The summed E-state index contributed by atoms with van der Waals surface area (Å²) in [6, 6.07) is 0. The van der Waals surface area contributed by atoms with E-state index in [0.29, 0.717) is 19.4 Å². The highest BCUT2D eigenvalue weighted by Crippen LogP contribution is 2.16. The van der Waals surface area contributed by atoms with E-state index < -0.39 is 0 Å². The van der Waals surface area contributed by atoms with E-state index in [2.05, 4.69) is 10.2 Å². The largest absolute Gasteiger partial charge is 0.283 e. The van der Waals surface area contributed by atoms with Crippen molar-refractivity contribution in [3.05, 3.63) is 17.5 Å². The zero-order chi connectivity index (χ0) is 10.1. The molecule has 0 radical (unpaired) electrons. The number of nitrogens with zero attached hydrogens (tertiary/aromatic N) is 2. The molecule has 1 aromatic rings. The fraction of sp³-hybridized carbons (Fsp3) is 0.444. The van der Waals surface area contributed by atoms with Crippen molar-refractivity contribution in [3.8, 4) is 0 Å². The molecular formula is C9H11N3O2. The fourth-order valence-corrected chi connectivity index (χ4v) is 1.50. The summed E-state index contributed by atoms with van der Waals surface area (Å²) in [5.74, 6) is -0.175. The van der Waals surface area contributed by atoms with E-state index in [1.807, 2.05) is 6.92 Å². The molecule has 2 amide bonds. The van der Waals surface area contributed by atoms with Crippen LogP contribution < -0.4 is 0 Å². The molecule has 1 N–H and O–H groups in total. The molecule has 0 saturated carbocycles. The van der Waals surface area contributed by atoms with Gasteiger partial charge in [-0.1, -0.05) is 0 Å². The first-order valence-electron chi connectivity index (χ1n) is 4.50. The van der Waals surface area contributed by atoms with Crippen LogP contribution in [0.5, 0.6) is 0 Å². The SMILES string of the molecule is Cc1[nH]ncc1CN1C(=O)CCC1=O. The van der Waals surface area contributed by atoms with Gasteiger partial charge in [-0.3, -0.25) is 19.6 Å². The van der Waals surface area contributed by atoms with Crippen LogP contribution in [-0.2, 0) is 16.1 Å². The molecule has 1 saturated heterocycles. The van der Waals surface area contributed by atoms with E-state index in [0.717, 1.165) is 11.3 Å². The number of imide groups is 1. The number of H-pyrrole nitrogens is 1. The van der Waals surface area contributed by atoms with Crippen molar-refractivity contribution in [2.24, 2.45) is 0 Å². The van der Waals surface area contributed by atoms with Crippen molar-refractivity contribution in [1.29, 1.82) is 0 Å². The summed E-state index contributed by atoms with van der Waals surface area (Å²) < 4.78 is 0. The molecule has 74 valence electrons. The number of hydrogen-bond acceptors (Lipinski definition) is 3. The Hall–Kier alpha value is -1.65. The summed E-state index contributed by atoms with van der Waals surface area (Å²) in [5, 5.41) is 6.61. The van der Waals surface area contributed by atoms with Crippen LogP contribution in [0, 0.1) is 6.92 Å². The molecule has 1 aliphatic heterocycles. The number of aromatic nitrogens is 2. The van der Waals surface area contributed by atoms with Gasteiger partial charge in [0.05, 0.1) is 12.7 Å². The van der Waals surface area contributed by atoms with Gasteiger partial charge in [0.1, 0.15) is 0 Å². The van der Waals surface area contributed by atoms with Gasteiger partial charge in [0.2, 0.25) is 11.8 Å². The van der Waals surface area contributed by atoms with Crippen LogP contribution in [0.25, 0.3) is 0 Å². The Morgan fingerprint density at radius 3 is 2.57 bits per heavy atom. The van der Waals surface area contributed by atoms with E-state index in [9.17, 15) is 9.59 Å². The van der Waals surface area contributed by atoms with E-state index in [4.69, 9.17) is 0 Å². The van der Waals surface area contributed by atoms with E-state index in [1.165, 1.54) is 4.90 Å². The molecule has 1 fully saturated rings. The summed E-state index contributed by atoms with van der Waals surface area (Å²) in [6.07, 6.45) is 2.33. The van der Waals surface area contributed by atoms with Gasteiger partial charge in [0, 0.05) is 24.1 Å². The summed E-state index contributed by atoms with van der Waals surface area (Å²) >= 11 is 0. The molecule has 0 atom stereocenters. The molecule has 2 rings (SSSR count). The molecule has 14 heavy (non-hydrogen) atoms. The Morgan fingerprint density at radius 1 is 1.43 bits per heavy atom. The Morgan fingerprint density at radius 2 is 2.07 bits per heavy atom. The zero-order valence-electron chi connectivity index (χ0n) is 7.91. The highest BCUT2D eigenvalue weighted by atomic mass is 16.2. The fourth-order valence-electron chi connectivity index (χ4n) is 1.50. The van der Waals surface area contributed by atoms with Gasteiger partial charge in [-0.05, 0) is 6.92 Å². The maximum Gasteiger partial charge on any atom is 0.229 e. The Balaban J connectivity index is 2.15. The lowest BCUT2D eigenvalue weighted by atomic mass is 10.2. The van der Waals surface area contributed by atoms with Gasteiger partial charge in [-0.2, -0.15) is 5.10 Å². The van der Waals surface area contributed by atoms with E-state index in [1.54, 1.807) is 6.20 Å². The molecule has 0 aromatic carbocycles. The number of hydrogen-bond donors (Lipinski definition) is 1. The zero-order valence-corrected chi connectivity index (χ0v) is 7.91. The summed E-state index contributed by atoms with van der Waals surface area (Å²) in [6.45, 7) is 2.22. The van der Waals surface area contributed by atoms with Gasteiger partial charge < -0.3 is 0 Å². The average Bonchev–Trinajstić information content (AvgIpc) is 2.67. The Labute approximate surface area is 81.1 Å². The quantitative estimate of drug-likeness (QED) is 0.690. The lowest BCUT2D eigenvalue weighted by molar-refractivity contribution is -0.139. The monoisotopic (exact) mass is 193 g/mol. The van der Waals surface area contributed by atoms with Crippen molar-refractivity contribution in [2.75, 3.05) is 0 Å². The van der Waals surface area contributed by atoms with Gasteiger partial charge in [0.25, 0.3) is 0 Å². The van der Waals surface area contributed by atoms with Crippen molar-refractivity contribution < 1.29 is 9.59 Å². The van der Waals surface area contributed by atoms with Gasteiger partial charge in [0.15, 0.2) is 0 Å². The first kappa shape index (κ1) is 8.93. The number of amides is 2. The molecule has 0 unspecified atom stereocenters. The first-order valence-corrected chi connectivity index (χ1v) is 4.50. The van der Waals surface area contributed by atoms with Crippen LogP contribution in [0.4, 0.5) is 0 Å². The predicted octanol–water partition coefficient (Wildman–Crippen LogP) is 0.367. The minimum atomic E-state index is -0.0874. The topological polar surface area (TPSA) is 66.1 Å². The maximum absolute atomic E-state index is 11.3. The van der Waals surface area contributed by atoms with Gasteiger partial charge in [-0.15, -0.1) is 0 Å². The van der Waals surface area contributed by atoms with Crippen molar-refractivity contribution in [2.45, 2.75) is 26.3 Å². The number of aryl methyl sites for hydroxylation is 1. The number of carbonyl (C=O) groups excluding carboxylic acids is 2. The minimum absolute atomic E-state index is 0.0874. The van der Waals surface area contributed by atoms with Crippen molar-refractivity contribution in [1.82, 2.24) is 15.1 Å². The van der Waals surface area contributed by atoms with E-state index in [-0.39, 0.29) is 11.8 Å². The average molecular weight is 193 g/mol. The molecule has 1 aliphatic rings. The molecule has 5 nitrogen and oxygen atoms in total. The molecule has 1 aromatic heterocycles. The number of aromatic amines is 1. The van der Waals surface area contributed by atoms with Crippen LogP contribution in [0.2, 0.25) is 0 Å². The lowest BCUT2D eigenvalue weighted by Gasteiger charge is -2.12. The van der Waals surface area contributed by atoms with Crippen LogP contribution in [0.1, 0.15) is 24.1 Å². The summed E-state index contributed by atoms with van der Waals surface area (Å²) in [5.41, 5.74) is 1.80. The van der Waals surface area contributed by atoms with Gasteiger partial charge in [-0.25, -0.2) is 0 Å². The Kier molecular flexibility index (Phi) is 2.07. The summed E-state index contributed by atoms with van der Waals surface area (Å²) in [4.78, 5) is 23.9. The van der Waals surface area contributed by atoms with Crippen LogP contribution >= 0.6 is 0 Å². The number of rotatable bonds is 2. The maximum atomic E-state index is 11.3. The second-order valence-corrected chi connectivity index (χ2v) is 3.39. The smallest absolute Gasteiger partial charge is 0.229 e. The lowest BCUT2D eigenvalue weighted by Crippen LogP contribution is -2.28. The second-order valence-electron chi connectivity index (χ2n) is 3.39. The third-order valence-electron chi connectivity index (χ3n) is 2.42. The van der Waals surface area contributed by atoms with E-state index >= 15 is 0 Å². The molecule has 2 heterocycles. The number of likely N-dealkylation sites (tertiary alicyclic amines) is 1. The van der Waals surface area contributed by atoms with Crippen LogP contribution in [-0.4, -0.2) is 26.9 Å². The second kappa shape index (κ2) is 3.25. The predicted molar refractivity (Wildman–Crippen MR) is 48.1 cm³/mol. The van der Waals surface area contributed by atoms with Crippen LogP contribution in [0.3, 0.4) is 0 Å². The number of nitrogens with one attached hydrogen (secondary N) is 1. The molecule has 5 heteroatoms. The third-order valence-corrected chi connectivity index (χ3v) is 2.42. The number of carbonyl (C=O) groups is 2. The van der Waals surface area contributed by atoms with Crippen molar-refractivity contribution >= 4 is 11.8 Å². The highest BCUT2D eigenvalue weighted by Gasteiger charge is 2.29. The molecule has 0 bridgehead atoms. The Bertz CT molecular complexity index is 367. The summed E-state index contributed by atoms with van der Waals surface area (Å²) in [7, 11) is 0. The van der Waals surface area contributed by atoms with Crippen LogP contribution in [0.15, 0.2) is 6.20 Å².